The monoisotopic (exact) mass is 428 g/mol. The van der Waals surface area contributed by atoms with Crippen molar-refractivity contribution in [2.24, 2.45) is 11.8 Å². The van der Waals surface area contributed by atoms with Crippen molar-refractivity contribution in [1.29, 1.82) is 0 Å². The summed E-state index contributed by atoms with van der Waals surface area (Å²) in [5, 5.41) is 10.6. The highest BCUT2D eigenvalue weighted by atomic mass is 19.1. The second kappa shape index (κ2) is 7.82. The summed E-state index contributed by atoms with van der Waals surface area (Å²) in [5.41, 5.74) is 1.04. The first kappa shape index (κ1) is 19.8. The molecule has 0 radical (unpaired) electrons. The van der Waals surface area contributed by atoms with Crippen LogP contribution in [0.15, 0.2) is 30.6 Å². The van der Waals surface area contributed by atoms with Gasteiger partial charge < -0.3 is 15.0 Å². The quantitative estimate of drug-likeness (QED) is 0.781. The van der Waals surface area contributed by atoms with Crippen LogP contribution in [0.1, 0.15) is 19.8 Å². The van der Waals surface area contributed by atoms with Gasteiger partial charge in [0, 0.05) is 32.3 Å². The molecule has 4 atom stereocenters. The van der Waals surface area contributed by atoms with Crippen LogP contribution in [-0.2, 0) is 16.1 Å². The first-order valence-corrected chi connectivity index (χ1v) is 10.6. The van der Waals surface area contributed by atoms with E-state index >= 15 is 4.39 Å². The molecule has 3 fully saturated rings. The summed E-state index contributed by atoms with van der Waals surface area (Å²) in [7, 11) is 0. The Kier molecular flexibility index (Phi) is 4.99. The zero-order valence-corrected chi connectivity index (χ0v) is 17.3. The molecule has 1 saturated carbocycles. The van der Waals surface area contributed by atoms with Crippen molar-refractivity contribution in [3.63, 3.8) is 0 Å². The number of carbonyl (C=O) groups is 2. The van der Waals surface area contributed by atoms with Gasteiger partial charge in [-0.25, -0.2) is 13.9 Å². The Morgan fingerprint density at radius 2 is 2.03 bits per heavy atom. The number of benzene rings is 1. The average Bonchev–Trinajstić information content (AvgIpc) is 3.46. The molecule has 2 saturated heterocycles. The fourth-order valence-corrected chi connectivity index (χ4v) is 5.19. The van der Waals surface area contributed by atoms with Crippen molar-refractivity contribution in [3.05, 3.63) is 36.4 Å². The van der Waals surface area contributed by atoms with E-state index in [9.17, 15) is 9.59 Å². The Hall–Kier alpha value is -3.17. The minimum atomic E-state index is -0.489. The number of halogens is 1. The maximum Gasteiger partial charge on any atom is 0.414 e. The van der Waals surface area contributed by atoms with Crippen LogP contribution < -0.4 is 15.1 Å². The SMILES string of the molecule is CC(=O)NC1C[C@@H]2CN(c3ccc(N4C[C@H](Cn5ccnn5)OC4=O)cc3F)C[C@@H]2C1. The largest absolute Gasteiger partial charge is 0.442 e. The number of rotatable bonds is 5. The van der Waals surface area contributed by atoms with Gasteiger partial charge in [-0.3, -0.25) is 9.69 Å². The summed E-state index contributed by atoms with van der Waals surface area (Å²) in [4.78, 5) is 27.1. The molecular weight excluding hydrogens is 403 g/mol. The molecule has 1 aliphatic carbocycles. The van der Waals surface area contributed by atoms with Gasteiger partial charge in [0.25, 0.3) is 0 Å². The summed E-state index contributed by atoms with van der Waals surface area (Å²) in [6, 6.07) is 5.15. The van der Waals surface area contributed by atoms with Crippen LogP contribution >= 0.6 is 0 Å². The zero-order chi connectivity index (χ0) is 21.5. The van der Waals surface area contributed by atoms with Gasteiger partial charge in [0.15, 0.2) is 0 Å². The number of anilines is 2. The van der Waals surface area contributed by atoms with Crippen LogP contribution in [0.3, 0.4) is 0 Å². The van der Waals surface area contributed by atoms with Gasteiger partial charge in [-0.15, -0.1) is 5.10 Å². The molecule has 2 aromatic rings. The lowest BCUT2D eigenvalue weighted by Gasteiger charge is -2.23. The van der Waals surface area contributed by atoms with E-state index in [0.717, 1.165) is 25.9 Å². The van der Waals surface area contributed by atoms with Crippen LogP contribution in [0, 0.1) is 17.7 Å². The van der Waals surface area contributed by atoms with Gasteiger partial charge in [0.1, 0.15) is 11.9 Å². The Morgan fingerprint density at radius 3 is 2.68 bits per heavy atom. The first-order chi connectivity index (χ1) is 15.0. The van der Waals surface area contributed by atoms with Crippen molar-refractivity contribution >= 4 is 23.4 Å². The van der Waals surface area contributed by atoms with E-state index in [0.29, 0.717) is 36.3 Å². The van der Waals surface area contributed by atoms with Gasteiger partial charge in [0.2, 0.25) is 5.91 Å². The first-order valence-electron chi connectivity index (χ1n) is 10.6. The van der Waals surface area contributed by atoms with Crippen molar-refractivity contribution < 1.29 is 18.7 Å². The molecule has 5 rings (SSSR count). The fraction of sp³-hybridized carbons (Fsp3) is 0.524. The highest BCUT2D eigenvalue weighted by Crippen LogP contribution is 2.41. The molecule has 10 heteroatoms. The van der Waals surface area contributed by atoms with E-state index in [2.05, 4.69) is 20.5 Å². The predicted molar refractivity (Wildman–Crippen MR) is 110 cm³/mol. The Balaban J connectivity index is 1.23. The normalized spacial score (nSPS) is 27.5. The number of carbonyl (C=O) groups excluding carboxylic acids is 2. The minimum Gasteiger partial charge on any atom is -0.442 e. The van der Waals surface area contributed by atoms with Crippen molar-refractivity contribution in [2.45, 2.75) is 38.5 Å². The molecule has 1 N–H and O–H groups in total. The van der Waals surface area contributed by atoms with E-state index in [1.165, 1.54) is 11.0 Å². The van der Waals surface area contributed by atoms with Gasteiger partial charge in [-0.05, 0) is 42.9 Å². The van der Waals surface area contributed by atoms with Gasteiger partial charge in [-0.2, -0.15) is 0 Å². The molecular formula is C21H25FN6O3. The second-order valence-electron chi connectivity index (χ2n) is 8.67. The number of nitrogens with one attached hydrogen (secondary N) is 1. The average molecular weight is 428 g/mol. The van der Waals surface area contributed by atoms with E-state index in [4.69, 9.17) is 4.74 Å². The summed E-state index contributed by atoms with van der Waals surface area (Å²) in [6.07, 6.45) is 4.29. The van der Waals surface area contributed by atoms with Crippen molar-refractivity contribution in [2.75, 3.05) is 29.4 Å². The Labute approximate surface area is 179 Å². The number of fused-ring (bicyclic) bond motifs is 1. The Bertz CT molecular complexity index is 969. The minimum absolute atomic E-state index is 0.00688. The summed E-state index contributed by atoms with van der Waals surface area (Å²) < 4.78 is 22.0. The molecule has 3 heterocycles. The number of aromatic nitrogens is 3. The van der Waals surface area contributed by atoms with Gasteiger partial charge >= 0.3 is 6.09 Å². The molecule has 2 amide bonds. The van der Waals surface area contributed by atoms with E-state index < -0.39 is 6.09 Å². The maximum atomic E-state index is 15.0. The molecule has 0 spiro atoms. The molecule has 1 unspecified atom stereocenters. The Morgan fingerprint density at radius 1 is 1.26 bits per heavy atom. The number of hydrogen-bond donors (Lipinski definition) is 1. The van der Waals surface area contributed by atoms with Crippen LogP contribution in [0.2, 0.25) is 0 Å². The van der Waals surface area contributed by atoms with E-state index in [1.807, 2.05) is 0 Å². The molecule has 164 valence electrons. The van der Waals surface area contributed by atoms with Crippen LogP contribution in [0.25, 0.3) is 0 Å². The molecule has 2 aliphatic heterocycles. The lowest BCUT2D eigenvalue weighted by molar-refractivity contribution is -0.119. The van der Waals surface area contributed by atoms with E-state index in [1.54, 1.807) is 36.1 Å². The summed E-state index contributed by atoms with van der Waals surface area (Å²) in [6.45, 7) is 3.84. The molecule has 1 aromatic carbocycles. The third-order valence-electron chi connectivity index (χ3n) is 6.48. The van der Waals surface area contributed by atoms with Crippen molar-refractivity contribution in [1.82, 2.24) is 20.3 Å². The van der Waals surface area contributed by atoms with Gasteiger partial charge in [-0.1, -0.05) is 5.21 Å². The number of nitrogens with zero attached hydrogens (tertiary/aromatic N) is 5. The maximum absolute atomic E-state index is 15.0. The summed E-state index contributed by atoms with van der Waals surface area (Å²) in [5.74, 6) is 0.583. The molecule has 0 bridgehead atoms. The molecule has 9 nitrogen and oxygen atoms in total. The van der Waals surface area contributed by atoms with Gasteiger partial charge in [0.05, 0.1) is 30.7 Å². The zero-order valence-electron chi connectivity index (χ0n) is 17.3. The smallest absolute Gasteiger partial charge is 0.414 e. The van der Waals surface area contributed by atoms with Crippen LogP contribution in [-0.4, -0.2) is 58.8 Å². The number of ether oxygens (including phenoxy) is 1. The fourth-order valence-electron chi connectivity index (χ4n) is 5.19. The van der Waals surface area contributed by atoms with Crippen LogP contribution in [0.5, 0.6) is 0 Å². The lowest BCUT2D eigenvalue weighted by atomic mass is 10.0. The number of cyclic esters (lactones) is 1. The third kappa shape index (κ3) is 3.94. The highest BCUT2D eigenvalue weighted by Gasteiger charge is 2.42. The number of amides is 2. The van der Waals surface area contributed by atoms with E-state index in [-0.39, 0.29) is 23.9 Å². The second-order valence-corrected chi connectivity index (χ2v) is 8.67. The van der Waals surface area contributed by atoms with Crippen molar-refractivity contribution in [3.8, 4) is 0 Å². The lowest BCUT2D eigenvalue weighted by Crippen LogP contribution is -2.33. The standard InChI is InChI=1S/C21H25FN6O3/c1-13(29)24-16-6-14-9-26(10-15(14)7-16)20-3-2-17(8-19(20)22)28-12-18(31-21(28)30)11-27-5-4-23-25-27/h2-5,8,14-16,18H,6-7,9-12H2,1H3,(H,24,29)/t14-,15+,16?,18-/m0/s1. The highest BCUT2D eigenvalue weighted by molar-refractivity contribution is 5.90. The molecule has 31 heavy (non-hydrogen) atoms. The third-order valence-corrected chi connectivity index (χ3v) is 6.48. The number of hydrogen-bond acceptors (Lipinski definition) is 6. The van der Waals surface area contributed by atoms with Crippen LogP contribution in [0.4, 0.5) is 20.6 Å². The molecule has 3 aliphatic rings. The predicted octanol–water partition coefficient (Wildman–Crippen LogP) is 1.79. The topological polar surface area (TPSA) is 92.6 Å². The summed E-state index contributed by atoms with van der Waals surface area (Å²) >= 11 is 0. The molecule has 1 aromatic heterocycles.